The van der Waals surface area contributed by atoms with Crippen LogP contribution in [0, 0.1) is 0 Å². The predicted molar refractivity (Wildman–Crippen MR) is 90.0 cm³/mol. The molecule has 2 aromatic rings. The number of nitrogens with one attached hydrogen (secondary N) is 1. The van der Waals surface area contributed by atoms with Crippen LogP contribution in [0.3, 0.4) is 0 Å². The van der Waals surface area contributed by atoms with Crippen LogP contribution in [0.5, 0.6) is 0 Å². The third-order valence-corrected chi connectivity index (χ3v) is 4.59. The lowest BCUT2D eigenvalue weighted by Gasteiger charge is -2.28. The van der Waals surface area contributed by atoms with E-state index in [0.29, 0.717) is 10.0 Å². The van der Waals surface area contributed by atoms with Gasteiger partial charge in [-0.1, -0.05) is 53.5 Å². The maximum absolute atomic E-state index is 6.16. The summed E-state index contributed by atoms with van der Waals surface area (Å²) in [5, 5.41) is 4.59. The number of halogens is 2. The first-order chi connectivity index (χ1) is 10.2. The van der Waals surface area contributed by atoms with Gasteiger partial charge in [0.2, 0.25) is 0 Å². The number of hydrogen-bond acceptors (Lipinski definition) is 2. The van der Waals surface area contributed by atoms with E-state index in [1.165, 1.54) is 11.1 Å². The van der Waals surface area contributed by atoms with Crippen LogP contribution in [0.1, 0.15) is 5.56 Å². The molecule has 1 N–H and O–H groups in total. The molecule has 1 heterocycles. The summed E-state index contributed by atoms with van der Waals surface area (Å²) in [4.78, 5) is 2.48. The summed E-state index contributed by atoms with van der Waals surface area (Å²) in [5.74, 6) is 0. The second kappa shape index (κ2) is 6.80. The zero-order valence-electron chi connectivity index (χ0n) is 11.8. The Balaban J connectivity index is 1.89. The van der Waals surface area contributed by atoms with Crippen LogP contribution in [0.15, 0.2) is 42.5 Å². The molecule has 1 aliphatic rings. The fraction of sp³-hybridized carbons (Fsp3) is 0.294. The van der Waals surface area contributed by atoms with Gasteiger partial charge in [-0.2, -0.15) is 0 Å². The summed E-state index contributed by atoms with van der Waals surface area (Å²) < 4.78 is 0. The van der Waals surface area contributed by atoms with E-state index < -0.39 is 0 Å². The third-order valence-electron chi connectivity index (χ3n) is 3.85. The smallest absolute Gasteiger partial charge is 0.0598 e. The Morgan fingerprint density at radius 1 is 0.952 bits per heavy atom. The van der Waals surface area contributed by atoms with E-state index in [0.717, 1.165) is 38.3 Å². The molecule has 110 valence electrons. The maximum atomic E-state index is 6.16. The molecule has 0 amide bonds. The van der Waals surface area contributed by atoms with E-state index in [9.17, 15) is 0 Å². The minimum atomic E-state index is 0.597. The first-order valence-electron chi connectivity index (χ1n) is 7.20. The van der Waals surface area contributed by atoms with E-state index in [1.807, 2.05) is 18.2 Å². The van der Waals surface area contributed by atoms with Crippen LogP contribution in [-0.2, 0) is 6.54 Å². The number of hydrogen-bond donors (Lipinski definition) is 1. The van der Waals surface area contributed by atoms with E-state index in [1.54, 1.807) is 0 Å². The first-order valence-corrected chi connectivity index (χ1v) is 7.96. The quantitative estimate of drug-likeness (QED) is 0.917. The van der Waals surface area contributed by atoms with Crippen molar-refractivity contribution < 1.29 is 0 Å². The SMILES string of the molecule is Clc1ccc(-c2ccccc2CN2CCNCC2)cc1Cl. The highest BCUT2D eigenvalue weighted by Gasteiger charge is 2.13. The standard InChI is InChI=1S/C17H18Cl2N2/c18-16-6-5-13(11-17(16)19)15-4-2-1-3-14(15)12-21-9-7-20-8-10-21/h1-6,11,20H,7-10,12H2. The highest BCUT2D eigenvalue weighted by Crippen LogP contribution is 2.30. The third kappa shape index (κ3) is 3.58. The molecule has 1 fully saturated rings. The Morgan fingerprint density at radius 2 is 1.71 bits per heavy atom. The van der Waals surface area contributed by atoms with Gasteiger partial charge in [-0.3, -0.25) is 4.90 Å². The predicted octanol–water partition coefficient (Wildman–Crippen LogP) is 4.07. The monoisotopic (exact) mass is 320 g/mol. The Hall–Kier alpha value is -1.06. The summed E-state index contributed by atoms with van der Waals surface area (Å²) in [6, 6.07) is 14.3. The van der Waals surface area contributed by atoms with Crippen LogP contribution >= 0.6 is 23.2 Å². The van der Waals surface area contributed by atoms with Gasteiger partial charge in [-0.15, -0.1) is 0 Å². The van der Waals surface area contributed by atoms with Gasteiger partial charge in [-0.05, 0) is 28.8 Å². The normalized spacial score (nSPS) is 16.1. The van der Waals surface area contributed by atoms with Gasteiger partial charge < -0.3 is 5.32 Å². The lowest BCUT2D eigenvalue weighted by atomic mass is 9.99. The fourth-order valence-corrected chi connectivity index (χ4v) is 3.01. The molecule has 4 heteroatoms. The summed E-state index contributed by atoms with van der Waals surface area (Å²) in [5.41, 5.74) is 3.68. The van der Waals surface area contributed by atoms with Crippen molar-refractivity contribution in [1.29, 1.82) is 0 Å². The lowest BCUT2D eigenvalue weighted by molar-refractivity contribution is 0.233. The topological polar surface area (TPSA) is 15.3 Å². The summed E-state index contributed by atoms with van der Waals surface area (Å²) in [6.07, 6.45) is 0. The van der Waals surface area contributed by atoms with Crippen molar-refractivity contribution in [2.75, 3.05) is 26.2 Å². The molecule has 0 aliphatic carbocycles. The summed E-state index contributed by atoms with van der Waals surface area (Å²) in [6.45, 7) is 5.29. The van der Waals surface area contributed by atoms with Crippen LogP contribution in [0.2, 0.25) is 10.0 Å². The Labute approximate surface area is 135 Å². The molecule has 2 aromatic carbocycles. The van der Waals surface area contributed by atoms with E-state index in [4.69, 9.17) is 23.2 Å². The average Bonchev–Trinajstić information content (AvgIpc) is 2.52. The summed E-state index contributed by atoms with van der Waals surface area (Å²) >= 11 is 12.2. The molecular formula is C17H18Cl2N2. The molecule has 2 nitrogen and oxygen atoms in total. The average molecular weight is 321 g/mol. The highest BCUT2D eigenvalue weighted by atomic mass is 35.5. The molecule has 0 aromatic heterocycles. The van der Waals surface area contributed by atoms with Crippen molar-refractivity contribution >= 4 is 23.2 Å². The van der Waals surface area contributed by atoms with Crippen LogP contribution in [0.4, 0.5) is 0 Å². The van der Waals surface area contributed by atoms with Gasteiger partial charge in [0, 0.05) is 32.7 Å². The van der Waals surface area contributed by atoms with Crippen molar-refractivity contribution in [2.45, 2.75) is 6.54 Å². The zero-order chi connectivity index (χ0) is 14.7. The first kappa shape index (κ1) is 14.9. The second-order valence-electron chi connectivity index (χ2n) is 5.31. The molecule has 0 atom stereocenters. The van der Waals surface area contributed by atoms with Crippen molar-refractivity contribution in [3.8, 4) is 11.1 Å². The van der Waals surface area contributed by atoms with Gasteiger partial charge in [-0.25, -0.2) is 0 Å². The molecule has 0 saturated carbocycles. The minimum absolute atomic E-state index is 0.597. The molecule has 0 spiro atoms. The zero-order valence-corrected chi connectivity index (χ0v) is 13.3. The molecule has 0 bridgehead atoms. The maximum Gasteiger partial charge on any atom is 0.0598 e. The Kier molecular flexibility index (Phi) is 4.81. The van der Waals surface area contributed by atoms with Gasteiger partial charge >= 0.3 is 0 Å². The minimum Gasteiger partial charge on any atom is -0.314 e. The van der Waals surface area contributed by atoms with E-state index in [-0.39, 0.29) is 0 Å². The van der Waals surface area contributed by atoms with E-state index in [2.05, 4.69) is 34.5 Å². The van der Waals surface area contributed by atoms with Gasteiger partial charge in [0.15, 0.2) is 0 Å². The molecule has 1 saturated heterocycles. The molecular weight excluding hydrogens is 303 g/mol. The van der Waals surface area contributed by atoms with Crippen molar-refractivity contribution in [3.05, 3.63) is 58.1 Å². The van der Waals surface area contributed by atoms with Crippen molar-refractivity contribution in [3.63, 3.8) is 0 Å². The number of nitrogens with zero attached hydrogens (tertiary/aromatic N) is 1. The molecule has 0 unspecified atom stereocenters. The lowest BCUT2D eigenvalue weighted by Crippen LogP contribution is -2.42. The van der Waals surface area contributed by atoms with Gasteiger partial charge in [0.1, 0.15) is 0 Å². The molecule has 0 radical (unpaired) electrons. The fourth-order valence-electron chi connectivity index (χ4n) is 2.71. The number of rotatable bonds is 3. The molecule has 3 rings (SSSR count). The number of benzene rings is 2. The van der Waals surface area contributed by atoms with Crippen molar-refractivity contribution in [2.24, 2.45) is 0 Å². The van der Waals surface area contributed by atoms with Crippen LogP contribution in [0.25, 0.3) is 11.1 Å². The number of piperazine rings is 1. The molecule has 21 heavy (non-hydrogen) atoms. The van der Waals surface area contributed by atoms with Gasteiger partial charge in [0.25, 0.3) is 0 Å². The largest absolute Gasteiger partial charge is 0.314 e. The Bertz CT molecular complexity index is 622. The van der Waals surface area contributed by atoms with Crippen LogP contribution < -0.4 is 5.32 Å². The highest BCUT2D eigenvalue weighted by molar-refractivity contribution is 6.42. The second-order valence-corrected chi connectivity index (χ2v) is 6.13. The van der Waals surface area contributed by atoms with Crippen molar-refractivity contribution in [1.82, 2.24) is 10.2 Å². The van der Waals surface area contributed by atoms with Crippen LogP contribution in [-0.4, -0.2) is 31.1 Å². The summed E-state index contributed by atoms with van der Waals surface area (Å²) in [7, 11) is 0. The molecule has 1 aliphatic heterocycles. The van der Waals surface area contributed by atoms with Gasteiger partial charge in [0.05, 0.1) is 10.0 Å². The Morgan fingerprint density at radius 3 is 2.48 bits per heavy atom. The van der Waals surface area contributed by atoms with E-state index >= 15 is 0 Å².